The maximum atomic E-state index is 11.8. The van der Waals surface area contributed by atoms with E-state index in [1.807, 2.05) is 24.4 Å². The molecule has 2 aromatic heterocycles. The summed E-state index contributed by atoms with van der Waals surface area (Å²) in [4.78, 5) is 12.6. The number of ketones is 1. The summed E-state index contributed by atoms with van der Waals surface area (Å²) in [5.41, 5.74) is 0. The monoisotopic (exact) mass is 234 g/mol. The van der Waals surface area contributed by atoms with Crippen LogP contribution in [0.15, 0.2) is 30.6 Å². The summed E-state index contributed by atoms with van der Waals surface area (Å²) in [6.07, 6.45) is 6.29. The highest BCUT2D eigenvalue weighted by Gasteiger charge is 2.09. The highest BCUT2D eigenvalue weighted by atomic mass is 32.1. The fourth-order valence-corrected chi connectivity index (χ4v) is 2.38. The molecule has 0 fully saturated rings. The van der Waals surface area contributed by atoms with E-state index in [4.69, 9.17) is 0 Å². The largest absolute Gasteiger partial charge is 0.293 e. The Morgan fingerprint density at radius 1 is 1.50 bits per heavy atom. The maximum absolute atomic E-state index is 11.8. The predicted molar refractivity (Wildman–Crippen MR) is 65.3 cm³/mol. The van der Waals surface area contributed by atoms with E-state index in [1.54, 1.807) is 10.9 Å². The second-order valence-electron chi connectivity index (χ2n) is 3.62. The molecule has 0 amide bonds. The zero-order chi connectivity index (χ0) is 11.4. The van der Waals surface area contributed by atoms with Gasteiger partial charge in [-0.05, 0) is 24.6 Å². The van der Waals surface area contributed by atoms with Gasteiger partial charge >= 0.3 is 0 Å². The molecule has 84 valence electrons. The van der Waals surface area contributed by atoms with Crippen LogP contribution >= 0.6 is 11.3 Å². The minimum atomic E-state index is 0.241. The summed E-state index contributed by atoms with van der Waals surface area (Å²) in [5, 5.41) is 5.13. The Bertz CT molecular complexity index is 459. The van der Waals surface area contributed by atoms with Crippen molar-refractivity contribution in [1.82, 2.24) is 9.78 Å². The molecular weight excluding hydrogens is 220 g/mol. The zero-order valence-corrected chi connectivity index (χ0v) is 10.0. The molecular formula is C12H14N2OS. The number of nitrogens with zero attached hydrogens (tertiary/aromatic N) is 2. The van der Waals surface area contributed by atoms with Crippen molar-refractivity contribution in [3.8, 4) is 5.00 Å². The van der Waals surface area contributed by atoms with E-state index < -0.39 is 0 Å². The summed E-state index contributed by atoms with van der Waals surface area (Å²) < 4.78 is 1.78. The van der Waals surface area contributed by atoms with Crippen LogP contribution in [-0.4, -0.2) is 15.6 Å². The van der Waals surface area contributed by atoms with Crippen LogP contribution in [-0.2, 0) is 0 Å². The number of rotatable bonds is 5. The highest BCUT2D eigenvalue weighted by Crippen LogP contribution is 2.21. The molecule has 16 heavy (non-hydrogen) atoms. The molecule has 0 aliphatic carbocycles. The van der Waals surface area contributed by atoms with Crippen molar-refractivity contribution in [2.45, 2.75) is 26.2 Å². The Kier molecular flexibility index (Phi) is 3.51. The summed E-state index contributed by atoms with van der Waals surface area (Å²) in [5.74, 6) is 0.241. The van der Waals surface area contributed by atoms with Crippen molar-refractivity contribution in [2.24, 2.45) is 0 Å². The summed E-state index contributed by atoms with van der Waals surface area (Å²) >= 11 is 1.50. The number of hydrogen-bond acceptors (Lipinski definition) is 3. The van der Waals surface area contributed by atoms with Crippen molar-refractivity contribution in [3.63, 3.8) is 0 Å². The number of thiophene rings is 1. The van der Waals surface area contributed by atoms with Crippen LogP contribution in [0, 0.1) is 0 Å². The van der Waals surface area contributed by atoms with Crippen LogP contribution in [0.2, 0.25) is 0 Å². The summed E-state index contributed by atoms with van der Waals surface area (Å²) in [6.45, 7) is 2.09. The lowest BCUT2D eigenvalue weighted by atomic mass is 10.1. The van der Waals surface area contributed by atoms with Gasteiger partial charge in [0.05, 0.1) is 4.88 Å². The Balaban J connectivity index is 2.11. The van der Waals surface area contributed by atoms with Crippen molar-refractivity contribution in [1.29, 1.82) is 0 Å². The third kappa shape index (κ3) is 2.39. The third-order valence-electron chi connectivity index (χ3n) is 2.35. The molecule has 2 aromatic rings. The minimum Gasteiger partial charge on any atom is -0.293 e. The van der Waals surface area contributed by atoms with Gasteiger partial charge in [-0.1, -0.05) is 13.3 Å². The fraction of sp³-hybridized carbons (Fsp3) is 0.333. The lowest BCUT2D eigenvalue weighted by Crippen LogP contribution is -1.94. The van der Waals surface area contributed by atoms with Gasteiger partial charge in [0, 0.05) is 18.8 Å². The quantitative estimate of drug-likeness (QED) is 0.744. The second-order valence-corrected chi connectivity index (χ2v) is 4.68. The van der Waals surface area contributed by atoms with Gasteiger partial charge in [0.15, 0.2) is 5.78 Å². The number of Topliss-reactive ketones (excluding diaryl/α,β-unsaturated/α-hetero) is 1. The molecule has 0 saturated heterocycles. The van der Waals surface area contributed by atoms with E-state index in [0.717, 1.165) is 22.7 Å². The molecule has 2 heterocycles. The molecule has 2 rings (SSSR count). The van der Waals surface area contributed by atoms with Gasteiger partial charge in [-0.3, -0.25) is 4.79 Å². The Morgan fingerprint density at radius 2 is 2.38 bits per heavy atom. The first-order chi connectivity index (χ1) is 7.81. The van der Waals surface area contributed by atoms with Gasteiger partial charge in [0.1, 0.15) is 5.00 Å². The molecule has 0 saturated carbocycles. The van der Waals surface area contributed by atoms with Crippen LogP contribution in [0.4, 0.5) is 0 Å². The summed E-state index contributed by atoms with van der Waals surface area (Å²) in [6, 6.07) is 5.70. The lowest BCUT2D eigenvalue weighted by Gasteiger charge is -1.95. The zero-order valence-electron chi connectivity index (χ0n) is 9.22. The first-order valence-electron chi connectivity index (χ1n) is 5.44. The first kappa shape index (κ1) is 11.1. The molecule has 4 heteroatoms. The topological polar surface area (TPSA) is 34.9 Å². The molecule has 0 atom stereocenters. The number of unbranched alkanes of at least 4 members (excludes halogenated alkanes) is 1. The van der Waals surface area contributed by atoms with Gasteiger partial charge in [0.2, 0.25) is 0 Å². The third-order valence-corrected chi connectivity index (χ3v) is 3.47. The number of aromatic nitrogens is 2. The standard InChI is InChI=1S/C12H14N2OS/c1-2-3-5-10(15)11-6-7-12(16-11)14-9-4-8-13-14/h4,6-9H,2-3,5H2,1H3. The second kappa shape index (κ2) is 5.07. The van der Waals surface area contributed by atoms with Gasteiger partial charge in [-0.15, -0.1) is 11.3 Å². The average molecular weight is 234 g/mol. The number of carbonyl (C=O) groups excluding carboxylic acids is 1. The van der Waals surface area contributed by atoms with E-state index in [1.165, 1.54) is 11.3 Å². The van der Waals surface area contributed by atoms with Gasteiger partial charge in [-0.25, -0.2) is 4.68 Å². The van der Waals surface area contributed by atoms with E-state index in [0.29, 0.717) is 6.42 Å². The van der Waals surface area contributed by atoms with Crippen molar-refractivity contribution in [2.75, 3.05) is 0 Å². The molecule has 0 spiro atoms. The predicted octanol–water partition coefficient (Wildman–Crippen LogP) is 3.31. The smallest absolute Gasteiger partial charge is 0.172 e. The van der Waals surface area contributed by atoms with Crippen LogP contribution in [0.25, 0.3) is 5.00 Å². The average Bonchev–Trinajstić information content (AvgIpc) is 2.94. The minimum absolute atomic E-state index is 0.241. The Morgan fingerprint density at radius 3 is 3.06 bits per heavy atom. The molecule has 0 unspecified atom stereocenters. The highest BCUT2D eigenvalue weighted by molar-refractivity contribution is 7.16. The van der Waals surface area contributed by atoms with E-state index in [2.05, 4.69) is 12.0 Å². The van der Waals surface area contributed by atoms with Crippen molar-refractivity contribution >= 4 is 17.1 Å². The number of carbonyl (C=O) groups is 1. The molecule has 0 aliphatic heterocycles. The van der Waals surface area contributed by atoms with E-state index in [-0.39, 0.29) is 5.78 Å². The molecule has 3 nitrogen and oxygen atoms in total. The van der Waals surface area contributed by atoms with E-state index >= 15 is 0 Å². The van der Waals surface area contributed by atoms with Crippen LogP contribution in [0.1, 0.15) is 35.9 Å². The number of hydrogen-bond donors (Lipinski definition) is 0. The normalized spacial score (nSPS) is 10.6. The molecule has 0 aliphatic rings. The van der Waals surface area contributed by atoms with Gasteiger partial charge in [-0.2, -0.15) is 5.10 Å². The Hall–Kier alpha value is -1.42. The Labute approximate surface area is 98.7 Å². The molecule has 0 bridgehead atoms. The van der Waals surface area contributed by atoms with Gasteiger partial charge in [0.25, 0.3) is 0 Å². The lowest BCUT2D eigenvalue weighted by molar-refractivity contribution is 0.0983. The molecule has 0 radical (unpaired) electrons. The fourth-order valence-electron chi connectivity index (χ4n) is 1.46. The SMILES string of the molecule is CCCCC(=O)c1ccc(-n2cccn2)s1. The van der Waals surface area contributed by atoms with Crippen molar-refractivity contribution < 1.29 is 4.79 Å². The maximum Gasteiger partial charge on any atom is 0.172 e. The van der Waals surface area contributed by atoms with Crippen LogP contribution in [0.3, 0.4) is 0 Å². The summed E-state index contributed by atoms with van der Waals surface area (Å²) in [7, 11) is 0. The van der Waals surface area contributed by atoms with Crippen LogP contribution < -0.4 is 0 Å². The van der Waals surface area contributed by atoms with Crippen LogP contribution in [0.5, 0.6) is 0 Å². The van der Waals surface area contributed by atoms with E-state index in [9.17, 15) is 4.79 Å². The molecule has 0 N–H and O–H groups in total. The van der Waals surface area contributed by atoms with Gasteiger partial charge < -0.3 is 0 Å². The molecule has 0 aromatic carbocycles. The van der Waals surface area contributed by atoms with Crippen molar-refractivity contribution in [3.05, 3.63) is 35.5 Å². The first-order valence-corrected chi connectivity index (χ1v) is 6.26.